The Morgan fingerprint density at radius 2 is 2.22 bits per heavy atom. The van der Waals surface area contributed by atoms with Crippen LogP contribution in [0.1, 0.15) is 51.8 Å². The second-order valence-electron chi connectivity index (χ2n) is 7.16. The van der Waals surface area contributed by atoms with Gasteiger partial charge >= 0.3 is 12.0 Å². The van der Waals surface area contributed by atoms with Crippen molar-refractivity contribution in [2.24, 2.45) is 0 Å². The lowest BCUT2D eigenvalue weighted by Crippen LogP contribution is -2.52. The summed E-state index contributed by atoms with van der Waals surface area (Å²) in [7, 11) is 0. The predicted molar refractivity (Wildman–Crippen MR) is 104 cm³/mol. The number of aliphatic carboxylic acids is 1. The molecule has 1 saturated heterocycles. The molecule has 2 aromatic heterocycles. The lowest BCUT2D eigenvalue weighted by atomic mass is 10.00. The monoisotopic (exact) mass is 391 g/mol. The van der Waals surface area contributed by atoms with Crippen LogP contribution in [0.2, 0.25) is 0 Å². The van der Waals surface area contributed by atoms with Gasteiger partial charge in [0.05, 0.1) is 16.8 Å². The fourth-order valence-corrected chi connectivity index (χ4v) is 4.20. The number of likely N-dealkylation sites (tertiary alicyclic amines) is 1. The molecule has 27 heavy (non-hydrogen) atoms. The zero-order valence-corrected chi connectivity index (χ0v) is 16.8. The van der Waals surface area contributed by atoms with Gasteiger partial charge in [0.25, 0.3) is 0 Å². The molecule has 8 nitrogen and oxygen atoms in total. The van der Waals surface area contributed by atoms with E-state index in [0.717, 1.165) is 22.6 Å². The number of rotatable bonds is 5. The number of urea groups is 1. The maximum Gasteiger partial charge on any atom is 0.329 e. The lowest BCUT2D eigenvalue weighted by molar-refractivity contribution is -0.146. The first-order valence-corrected chi connectivity index (χ1v) is 9.92. The number of hydrogen-bond acceptors (Lipinski definition) is 5. The summed E-state index contributed by atoms with van der Waals surface area (Å²) in [5.74, 6) is -0.983. The van der Waals surface area contributed by atoms with Crippen molar-refractivity contribution in [1.82, 2.24) is 19.7 Å². The van der Waals surface area contributed by atoms with Gasteiger partial charge < -0.3 is 10.0 Å². The molecule has 0 bridgehead atoms. The quantitative estimate of drug-likeness (QED) is 0.808. The third-order valence-corrected chi connectivity index (χ3v) is 6.39. The maximum atomic E-state index is 12.6. The normalized spacial score (nSPS) is 20.7. The number of carbonyl (C=O) groups excluding carboxylic acids is 1. The van der Waals surface area contributed by atoms with E-state index in [1.54, 1.807) is 13.1 Å². The van der Waals surface area contributed by atoms with E-state index in [4.69, 9.17) is 0 Å². The van der Waals surface area contributed by atoms with E-state index in [9.17, 15) is 14.7 Å². The van der Waals surface area contributed by atoms with E-state index < -0.39 is 17.5 Å². The fraction of sp³-hybridized carbons (Fsp3) is 0.556. The highest BCUT2D eigenvalue weighted by Gasteiger charge is 2.46. The SMILES string of the molecule is CCC(C)n1cc(-c2sc(NC(=O)N3CCC[C@@]3(C)C(=O)O)nc2C)cn1. The van der Waals surface area contributed by atoms with Crippen LogP contribution in [0, 0.1) is 6.92 Å². The summed E-state index contributed by atoms with van der Waals surface area (Å²) >= 11 is 1.37. The zero-order valence-electron chi connectivity index (χ0n) is 16.0. The average molecular weight is 391 g/mol. The van der Waals surface area contributed by atoms with Crippen LogP contribution in [0.4, 0.5) is 9.93 Å². The van der Waals surface area contributed by atoms with Gasteiger partial charge in [-0.05, 0) is 40.0 Å². The van der Waals surface area contributed by atoms with Crippen molar-refractivity contribution in [2.75, 3.05) is 11.9 Å². The minimum atomic E-state index is -1.17. The Kier molecular flexibility index (Phi) is 5.23. The van der Waals surface area contributed by atoms with Gasteiger partial charge in [0.2, 0.25) is 0 Å². The standard InChI is InChI=1S/C18H25N5O3S/c1-5-11(2)23-10-13(9-19-23)14-12(3)20-16(27-14)21-17(26)22-8-6-7-18(22,4)15(24)25/h9-11H,5-8H2,1-4H3,(H,24,25)(H,20,21,26)/t11?,18-/m0/s1. The van der Waals surface area contributed by atoms with Gasteiger partial charge in [-0.25, -0.2) is 14.6 Å². The second-order valence-corrected chi connectivity index (χ2v) is 8.16. The molecule has 2 N–H and O–H groups in total. The molecule has 1 unspecified atom stereocenters. The number of carbonyl (C=O) groups is 2. The molecule has 2 atom stereocenters. The Morgan fingerprint density at radius 1 is 1.48 bits per heavy atom. The molecule has 0 radical (unpaired) electrons. The molecule has 1 fully saturated rings. The van der Waals surface area contributed by atoms with E-state index in [1.807, 2.05) is 17.8 Å². The highest BCUT2D eigenvalue weighted by Crippen LogP contribution is 2.34. The molecule has 2 aromatic rings. The first kappa shape index (κ1) is 19.3. The number of hydrogen-bond donors (Lipinski definition) is 2. The number of nitrogens with zero attached hydrogens (tertiary/aromatic N) is 4. The first-order chi connectivity index (χ1) is 12.8. The summed E-state index contributed by atoms with van der Waals surface area (Å²) in [5, 5.41) is 17.1. The maximum absolute atomic E-state index is 12.6. The van der Waals surface area contributed by atoms with Crippen molar-refractivity contribution in [3.8, 4) is 10.4 Å². The van der Waals surface area contributed by atoms with Crippen LogP contribution in [0.15, 0.2) is 12.4 Å². The molecule has 2 amide bonds. The summed E-state index contributed by atoms with van der Waals surface area (Å²) in [4.78, 5) is 31.0. The summed E-state index contributed by atoms with van der Waals surface area (Å²) < 4.78 is 1.93. The highest BCUT2D eigenvalue weighted by molar-refractivity contribution is 7.19. The Hall–Kier alpha value is -2.42. The van der Waals surface area contributed by atoms with Gasteiger partial charge in [-0.2, -0.15) is 5.10 Å². The number of carboxylic acids is 1. The number of amides is 2. The molecular weight excluding hydrogens is 366 g/mol. The number of thiazole rings is 1. The van der Waals surface area contributed by atoms with Crippen molar-refractivity contribution in [3.63, 3.8) is 0 Å². The third-order valence-electron chi connectivity index (χ3n) is 5.26. The van der Waals surface area contributed by atoms with E-state index in [0.29, 0.717) is 30.6 Å². The van der Waals surface area contributed by atoms with Crippen LogP contribution >= 0.6 is 11.3 Å². The number of anilines is 1. The molecule has 0 spiro atoms. The van der Waals surface area contributed by atoms with Crippen LogP contribution in [-0.2, 0) is 4.79 Å². The molecule has 3 heterocycles. The lowest BCUT2D eigenvalue weighted by Gasteiger charge is -2.30. The molecule has 1 aliphatic rings. The fourth-order valence-electron chi connectivity index (χ4n) is 3.27. The second kappa shape index (κ2) is 7.30. The van der Waals surface area contributed by atoms with Gasteiger partial charge in [0, 0.05) is 24.3 Å². The van der Waals surface area contributed by atoms with Crippen molar-refractivity contribution >= 4 is 28.5 Å². The Labute approximate surface area is 162 Å². The summed E-state index contributed by atoms with van der Waals surface area (Å²) in [6.45, 7) is 8.12. The van der Waals surface area contributed by atoms with E-state index in [2.05, 4.69) is 29.2 Å². The molecule has 0 saturated carbocycles. The average Bonchev–Trinajstić information content (AvgIpc) is 3.33. The van der Waals surface area contributed by atoms with Crippen molar-refractivity contribution in [2.45, 2.75) is 58.5 Å². The smallest absolute Gasteiger partial charge is 0.329 e. The molecule has 0 aromatic carbocycles. The van der Waals surface area contributed by atoms with Crippen molar-refractivity contribution < 1.29 is 14.7 Å². The topological polar surface area (TPSA) is 100 Å². The molecule has 9 heteroatoms. The van der Waals surface area contributed by atoms with Gasteiger partial charge in [0.1, 0.15) is 5.54 Å². The summed E-state index contributed by atoms with van der Waals surface area (Å²) in [6.07, 6.45) is 5.91. The van der Waals surface area contributed by atoms with Crippen LogP contribution < -0.4 is 5.32 Å². The number of nitrogens with one attached hydrogen (secondary N) is 1. The number of aryl methyl sites for hydroxylation is 1. The minimum absolute atomic E-state index is 0.315. The molecule has 0 aliphatic carbocycles. The van der Waals surface area contributed by atoms with Crippen LogP contribution in [0.25, 0.3) is 10.4 Å². The van der Waals surface area contributed by atoms with E-state index in [-0.39, 0.29) is 0 Å². The number of carboxylic acid groups (broad SMARTS) is 1. The first-order valence-electron chi connectivity index (χ1n) is 9.10. The molecule has 146 valence electrons. The van der Waals surface area contributed by atoms with Gasteiger partial charge in [0.15, 0.2) is 5.13 Å². The Morgan fingerprint density at radius 3 is 2.89 bits per heavy atom. The van der Waals surface area contributed by atoms with E-state index >= 15 is 0 Å². The van der Waals surface area contributed by atoms with E-state index in [1.165, 1.54) is 16.2 Å². The van der Waals surface area contributed by atoms with Crippen LogP contribution in [0.5, 0.6) is 0 Å². The summed E-state index contributed by atoms with van der Waals surface area (Å²) in [5.41, 5.74) is 0.597. The van der Waals surface area contributed by atoms with Gasteiger partial charge in [-0.1, -0.05) is 18.3 Å². The third kappa shape index (κ3) is 3.55. The van der Waals surface area contributed by atoms with Crippen LogP contribution in [-0.4, -0.2) is 48.9 Å². The molecule has 3 rings (SSSR count). The largest absolute Gasteiger partial charge is 0.480 e. The highest BCUT2D eigenvalue weighted by atomic mass is 32.1. The number of aromatic nitrogens is 3. The zero-order chi connectivity index (χ0) is 19.8. The Bertz CT molecular complexity index is 861. The van der Waals surface area contributed by atoms with Gasteiger partial charge in [-0.15, -0.1) is 0 Å². The van der Waals surface area contributed by atoms with Crippen molar-refractivity contribution in [1.29, 1.82) is 0 Å². The minimum Gasteiger partial charge on any atom is -0.480 e. The molecular formula is C18H25N5O3S. The Balaban J connectivity index is 1.78. The van der Waals surface area contributed by atoms with Gasteiger partial charge in [-0.3, -0.25) is 10.00 Å². The predicted octanol–water partition coefficient (Wildman–Crippen LogP) is 3.76. The van der Waals surface area contributed by atoms with Crippen LogP contribution in [0.3, 0.4) is 0 Å². The van der Waals surface area contributed by atoms with Crippen molar-refractivity contribution in [3.05, 3.63) is 18.1 Å². The molecule has 1 aliphatic heterocycles. The summed E-state index contributed by atoms with van der Waals surface area (Å²) in [6, 6.07) is -0.108.